The number of aryl methyl sites for hydroxylation is 2. The number of ether oxygens (including phenoxy) is 1. The molecule has 5 nitrogen and oxygen atoms in total. The SMILES string of the molecule is Cc1noc(C)c1C(C)NCC(O)COC(C)(C)C. The van der Waals surface area contributed by atoms with Crippen LogP contribution in [-0.4, -0.2) is 35.1 Å². The van der Waals surface area contributed by atoms with Crippen molar-refractivity contribution >= 4 is 0 Å². The second-order valence-electron chi connectivity index (χ2n) is 5.94. The van der Waals surface area contributed by atoms with Gasteiger partial charge in [-0.15, -0.1) is 0 Å². The molecule has 0 aliphatic heterocycles. The van der Waals surface area contributed by atoms with Gasteiger partial charge in [-0.3, -0.25) is 0 Å². The first kappa shape index (κ1) is 16.1. The molecule has 19 heavy (non-hydrogen) atoms. The van der Waals surface area contributed by atoms with Crippen LogP contribution in [0.2, 0.25) is 0 Å². The first-order valence-corrected chi connectivity index (χ1v) is 6.69. The molecule has 0 aliphatic rings. The molecule has 5 heteroatoms. The normalized spacial score (nSPS) is 15.5. The number of aliphatic hydroxyl groups is 1. The maximum Gasteiger partial charge on any atom is 0.138 e. The topological polar surface area (TPSA) is 67.5 Å². The lowest BCUT2D eigenvalue weighted by molar-refractivity contribution is -0.0483. The van der Waals surface area contributed by atoms with Gasteiger partial charge in [0.15, 0.2) is 0 Å². The highest BCUT2D eigenvalue weighted by atomic mass is 16.5. The lowest BCUT2D eigenvalue weighted by atomic mass is 10.1. The number of nitrogens with zero attached hydrogens (tertiary/aromatic N) is 1. The maximum absolute atomic E-state index is 9.87. The summed E-state index contributed by atoms with van der Waals surface area (Å²) in [6, 6.07) is 0.0931. The van der Waals surface area contributed by atoms with Crippen molar-refractivity contribution in [2.45, 2.75) is 59.3 Å². The average Bonchev–Trinajstić information content (AvgIpc) is 2.62. The van der Waals surface area contributed by atoms with Crippen LogP contribution in [0.3, 0.4) is 0 Å². The number of nitrogens with one attached hydrogen (secondary N) is 1. The summed E-state index contributed by atoms with van der Waals surface area (Å²) in [4.78, 5) is 0. The molecule has 0 saturated heterocycles. The van der Waals surface area contributed by atoms with Crippen LogP contribution in [0, 0.1) is 13.8 Å². The molecule has 1 aromatic heterocycles. The minimum atomic E-state index is -0.526. The molecular formula is C14H26N2O3. The third-order valence-corrected chi connectivity index (χ3v) is 2.89. The molecule has 2 unspecified atom stereocenters. The third kappa shape index (κ3) is 5.30. The first-order valence-electron chi connectivity index (χ1n) is 6.69. The van der Waals surface area contributed by atoms with Gasteiger partial charge in [0.2, 0.25) is 0 Å². The predicted octanol–water partition coefficient (Wildman–Crippen LogP) is 2.12. The summed E-state index contributed by atoms with van der Waals surface area (Å²) >= 11 is 0. The van der Waals surface area contributed by atoms with E-state index in [4.69, 9.17) is 9.26 Å². The van der Waals surface area contributed by atoms with Gasteiger partial charge in [-0.2, -0.15) is 0 Å². The monoisotopic (exact) mass is 270 g/mol. The van der Waals surface area contributed by atoms with Gasteiger partial charge in [0, 0.05) is 18.2 Å². The van der Waals surface area contributed by atoms with Gasteiger partial charge in [-0.05, 0) is 41.5 Å². The van der Waals surface area contributed by atoms with Crippen LogP contribution in [0.1, 0.15) is 50.8 Å². The fourth-order valence-corrected chi connectivity index (χ4v) is 1.93. The van der Waals surface area contributed by atoms with Crippen LogP contribution in [0.4, 0.5) is 0 Å². The van der Waals surface area contributed by atoms with Gasteiger partial charge in [-0.25, -0.2) is 0 Å². The summed E-state index contributed by atoms with van der Waals surface area (Å²) in [6.07, 6.45) is -0.526. The highest BCUT2D eigenvalue weighted by molar-refractivity contribution is 5.24. The third-order valence-electron chi connectivity index (χ3n) is 2.89. The molecular weight excluding hydrogens is 244 g/mol. The number of hydrogen-bond acceptors (Lipinski definition) is 5. The Labute approximate surface area is 115 Å². The molecule has 2 atom stereocenters. The Morgan fingerprint density at radius 2 is 2.00 bits per heavy atom. The molecule has 2 N–H and O–H groups in total. The van der Waals surface area contributed by atoms with Crippen molar-refractivity contribution in [2.75, 3.05) is 13.2 Å². The van der Waals surface area contributed by atoms with E-state index < -0.39 is 6.10 Å². The maximum atomic E-state index is 9.87. The van der Waals surface area contributed by atoms with Gasteiger partial charge in [0.05, 0.1) is 24.0 Å². The molecule has 0 aromatic carbocycles. The quantitative estimate of drug-likeness (QED) is 0.828. The molecule has 0 spiro atoms. The molecule has 0 bridgehead atoms. The molecule has 1 rings (SSSR count). The summed E-state index contributed by atoms with van der Waals surface area (Å²) in [5.74, 6) is 0.818. The molecule has 0 amide bonds. The molecule has 0 radical (unpaired) electrons. The fraction of sp³-hybridized carbons (Fsp3) is 0.786. The van der Waals surface area contributed by atoms with Crippen molar-refractivity contribution in [3.8, 4) is 0 Å². The number of hydrogen-bond donors (Lipinski definition) is 2. The van der Waals surface area contributed by atoms with Crippen LogP contribution in [0.15, 0.2) is 4.52 Å². The van der Waals surface area contributed by atoms with E-state index >= 15 is 0 Å². The van der Waals surface area contributed by atoms with Gasteiger partial charge in [0.25, 0.3) is 0 Å². The van der Waals surface area contributed by atoms with Crippen molar-refractivity contribution in [1.29, 1.82) is 0 Å². The van der Waals surface area contributed by atoms with Gasteiger partial charge in [-0.1, -0.05) is 5.16 Å². The lowest BCUT2D eigenvalue weighted by Crippen LogP contribution is -2.35. The van der Waals surface area contributed by atoms with Gasteiger partial charge < -0.3 is 19.7 Å². The van der Waals surface area contributed by atoms with E-state index in [2.05, 4.69) is 10.5 Å². The molecule has 0 fully saturated rings. The molecule has 0 aliphatic carbocycles. The highest BCUT2D eigenvalue weighted by Crippen LogP contribution is 2.20. The van der Waals surface area contributed by atoms with Crippen molar-refractivity contribution in [3.63, 3.8) is 0 Å². The summed E-state index contributed by atoms with van der Waals surface area (Å²) < 4.78 is 10.7. The number of rotatable bonds is 6. The standard InChI is InChI=1S/C14H26N2O3/c1-9(13-10(2)16-19-11(13)3)15-7-12(17)8-18-14(4,5)6/h9,12,15,17H,7-8H2,1-6H3. The zero-order chi connectivity index (χ0) is 14.6. The fourth-order valence-electron chi connectivity index (χ4n) is 1.93. The molecule has 1 heterocycles. The van der Waals surface area contributed by atoms with E-state index in [-0.39, 0.29) is 11.6 Å². The van der Waals surface area contributed by atoms with Crippen LogP contribution >= 0.6 is 0 Å². The molecule has 110 valence electrons. The van der Waals surface area contributed by atoms with Crippen molar-refractivity contribution in [2.24, 2.45) is 0 Å². The Morgan fingerprint density at radius 1 is 1.37 bits per heavy atom. The largest absolute Gasteiger partial charge is 0.389 e. The summed E-state index contributed by atoms with van der Waals surface area (Å²) in [6.45, 7) is 12.6. The van der Waals surface area contributed by atoms with Gasteiger partial charge >= 0.3 is 0 Å². The van der Waals surface area contributed by atoms with E-state index in [0.717, 1.165) is 17.0 Å². The lowest BCUT2D eigenvalue weighted by Gasteiger charge is -2.23. The van der Waals surface area contributed by atoms with Gasteiger partial charge in [0.1, 0.15) is 5.76 Å². The van der Waals surface area contributed by atoms with E-state index in [9.17, 15) is 5.11 Å². The van der Waals surface area contributed by atoms with Crippen LogP contribution in [0.25, 0.3) is 0 Å². The van der Waals surface area contributed by atoms with E-state index in [1.165, 1.54) is 0 Å². The van der Waals surface area contributed by atoms with E-state index in [1.54, 1.807) is 0 Å². The Balaban J connectivity index is 2.40. The summed E-state index contributed by atoms with van der Waals surface area (Å²) in [7, 11) is 0. The second kappa shape index (κ2) is 6.50. The molecule has 0 saturated carbocycles. The van der Waals surface area contributed by atoms with Crippen LogP contribution < -0.4 is 5.32 Å². The highest BCUT2D eigenvalue weighted by Gasteiger charge is 2.18. The second-order valence-corrected chi connectivity index (χ2v) is 5.94. The van der Waals surface area contributed by atoms with Crippen molar-refractivity contribution in [1.82, 2.24) is 10.5 Å². The smallest absolute Gasteiger partial charge is 0.138 e. The summed E-state index contributed by atoms with van der Waals surface area (Å²) in [5.41, 5.74) is 1.72. The number of aliphatic hydroxyl groups excluding tert-OH is 1. The van der Waals surface area contributed by atoms with E-state index in [1.807, 2.05) is 41.5 Å². The Hall–Kier alpha value is -0.910. The Morgan fingerprint density at radius 3 is 2.47 bits per heavy atom. The van der Waals surface area contributed by atoms with Crippen molar-refractivity contribution in [3.05, 3.63) is 17.0 Å². The number of aromatic nitrogens is 1. The zero-order valence-electron chi connectivity index (χ0n) is 12.8. The van der Waals surface area contributed by atoms with Crippen LogP contribution in [0.5, 0.6) is 0 Å². The predicted molar refractivity (Wildman–Crippen MR) is 74.1 cm³/mol. The van der Waals surface area contributed by atoms with E-state index in [0.29, 0.717) is 13.2 Å². The average molecular weight is 270 g/mol. The zero-order valence-corrected chi connectivity index (χ0v) is 12.8. The first-order chi connectivity index (χ1) is 8.70. The minimum Gasteiger partial charge on any atom is -0.389 e. The minimum absolute atomic E-state index is 0.0931. The Kier molecular flexibility index (Phi) is 5.52. The van der Waals surface area contributed by atoms with Crippen molar-refractivity contribution < 1.29 is 14.4 Å². The Bertz CT molecular complexity index is 376. The molecule has 1 aromatic rings. The summed E-state index contributed by atoms with van der Waals surface area (Å²) in [5, 5.41) is 17.1. The van der Waals surface area contributed by atoms with Crippen LogP contribution in [-0.2, 0) is 4.74 Å².